The van der Waals surface area contributed by atoms with Crippen LogP contribution in [0.1, 0.15) is 16.1 Å². The second kappa shape index (κ2) is 6.16. The van der Waals surface area contributed by atoms with Gasteiger partial charge in [-0.15, -0.1) is 0 Å². The minimum atomic E-state index is -0.388. The van der Waals surface area contributed by atoms with Crippen molar-refractivity contribution in [1.82, 2.24) is 0 Å². The third-order valence-electron chi connectivity index (χ3n) is 2.27. The van der Waals surface area contributed by atoms with E-state index in [4.69, 9.17) is 4.42 Å². The number of methoxy groups -OCH3 is 1. The molecule has 1 aromatic carbocycles. The first kappa shape index (κ1) is 14.0. The first-order valence-electron chi connectivity index (χ1n) is 5.27. The number of halogens is 2. The van der Waals surface area contributed by atoms with Gasteiger partial charge in [-0.25, -0.2) is 4.79 Å². The van der Waals surface area contributed by atoms with Crippen molar-refractivity contribution in [2.24, 2.45) is 4.99 Å². The fourth-order valence-corrected chi connectivity index (χ4v) is 2.00. The third-order valence-corrected chi connectivity index (χ3v) is 3.98. The maximum Gasteiger partial charge on any atom is 0.337 e. The number of nitrogens with zero attached hydrogens (tertiary/aromatic N) is 1. The van der Waals surface area contributed by atoms with Gasteiger partial charge in [0.1, 0.15) is 5.76 Å². The first-order chi connectivity index (χ1) is 9.10. The molecule has 6 heteroatoms. The number of esters is 1. The summed E-state index contributed by atoms with van der Waals surface area (Å²) in [4.78, 5) is 15.6. The number of rotatable bonds is 3. The van der Waals surface area contributed by atoms with Crippen molar-refractivity contribution in [3.8, 4) is 0 Å². The Balaban J connectivity index is 2.21. The van der Waals surface area contributed by atoms with Crippen molar-refractivity contribution >= 4 is 49.7 Å². The van der Waals surface area contributed by atoms with E-state index >= 15 is 0 Å². The van der Waals surface area contributed by atoms with Crippen LogP contribution in [0.3, 0.4) is 0 Å². The highest BCUT2D eigenvalue weighted by Crippen LogP contribution is 2.26. The van der Waals surface area contributed by atoms with E-state index in [0.717, 1.165) is 4.47 Å². The Hall–Kier alpha value is -1.40. The average Bonchev–Trinajstić information content (AvgIpc) is 2.75. The summed E-state index contributed by atoms with van der Waals surface area (Å²) in [5.41, 5.74) is 1.10. The van der Waals surface area contributed by atoms with Crippen molar-refractivity contribution in [3.05, 3.63) is 50.8 Å². The molecule has 0 aliphatic heterocycles. The Bertz CT molecular complexity index is 615. The van der Waals surface area contributed by atoms with E-state index in [-0.39, 0.29) is 5.97 Å². The summed E-state index contributed by atoms with van der Waals surface area (Å²) < 4.78 is 11.4. The van der Waals surface area contributed by atoms with E-state index in [1.807, 2.05) is 0 Å². The molecule has 19 heavy (non-hydrogen) atoms. The van der Waals surface area contributed by atoms with Gasteiger partial charge in [0.15, 0.2) is 4.67 Å². The molecule has 4 nitrogen and oxygen atoms in total. The maximum absolute atomic E-state index is 11.4. The summed E-state index contributed by atoms with van der Waals surface area (Å²) in [7, 11) is 1.34. The van der Waals surface area contributed by atoms with Gasteiger partial charge in [-0.3, -0.25) is 4.99 Å². The number of hydrogen-bond donors (Lipinski definition) is 0. The van der Waals surface area contributed by atoms with Gasteiger partial charge >= 0.3 is 5.97 Å². The smallest absolute Gasteiger partial charge is 0.337 e. The van der Waals surface area contributed by atoms with Crippen LogP contribution in [0.5, 0.6) is 0 Å². The van der Waals surface area contributed by atoms with Gasteiger partial charge in [-0.05, 0) is 50.1 Å². The number of aliphatic imine (C=N–C) groups is 1. The number of carbonyl (C=O) groups is 1. The molecule has 1 aromatic heterocycles. The van der Waals surface area contributed by atoms with Crippen LogP contribution < -0.4 is 0 Å². The molecule has 1 heterocycles. The van der Waals surface area contributed by atoms with E-state index in [9.17, 15) is 4.79 Å². The summed E-state index contributed by atoms with van der Waals surface area (Å²) in [6, 6.07) is 8.64. The lowest BCUT2D eigenvalue weighted by molar-refractivity contribution is 0.0601. The van der Waals surface area contributed by atoms with E-state index < -0.39 is 0 Å². The van der Waals surface area contributed by atoms with Gasteiger partial charge in [0.2, 0.25) is 0 Å². The summed E-state index contributed by atoms with van der Waals surface area (Å²) in [5, 5.41) is 0. The van der Waals surface area contributed by atoms with Crippen molar-refractivity contribution in [2.45, 2.75) is 0 Å². The fraction of sp³-hybridized carbons (Fsp3) is 0.0769. The second-order valence-corrected chi connectivity index (χ2v) is 5.15. The molecule has 0 spiro atoms. The normalized spacial score (nSPS) is 10.9. The molecule has 0 N–H and O–H groups in total. The Labute approximate surface area is 126 Å². The third kappa shape index (κ3) is 3.54. The predicted molar refractivity (Wildman–Crippen MR) is 79.1 cm³/mol. The lowest BCUT2D eigenvalue weighted by Gasteiger charge is -1.99. The molecule has 0 fully saturated rings. The summed E-state index contributed by atoms with van der Waals surface area (Å²) in [5.74, 6) is 0.211. The molecule has 0 unspecified atom stereocenters. The van der Waals surface area contributed by atoms with Crippen molar-refractivity contribution in [2.75, 3.05) is 7.11 Å². The Morgan fingerprint density at radius 1 is 1.37 bits per heavy atom. The van der Waals surface area contributed by atoms with Crippen molar-refractivity contribution < 1.29 is 13.9 Å². The largest absolute Gasteiger partial charge is 0.465 e. The molecule has 0 bridgehead atoms. The van der Waals surface area contributed by atoms with E-state index in [0.29, 0.717) is 21.7 Å². The number of ether oxygens (including phenoxy) is 1. The topological polar surface area (TPSA) is 51.8 Å². The first-order valence-corrected chi connectivity index (χ1v) is 6.86. The Morgan fingerprint density at radius 2 is 2.16 bits per heavy atom. The Kier molecular flexibility index (Phi) is 4.55. The van der Waals surface area contributed by atoms with E-state index in [1.54, 1.807) is 36.5 Å². The van der Waals surface area contributed by atoms with Crippen LogP contribution >= 0.6 is 31.9 Å². The standard InChI is InChI=1S/C13H9Br2NO3/c1-18-13(17)8-3-2-4-9(5-8)16-7-10-6-11(14)12(15)19-10/h2-7H,1H3. The molecule has 0 aliphatic carbocycles. The summed E-state index contributed by atoms with van der Waals surface area (Å²) in [6.45, 7) is 0. The van der Waals surface area contributed by atoms with Gasteiger partial charge in [0, 0.05) is 6.07 Å². The van der Waals surface area contributed by atoms with Crippen LogP contribution in [-0.4, -0.2) is 19.3 Å². The van der Waals surface area contributed by atoms with Gasteiger partial charge < -0.3 is 9.15 Å². The van der Waals surface area contributed by atoms with Gasteiger partial charge in [0.25, 0.3) is 0 Å². The van der Waals surface area contributed by atoms with E-state index in [1.165, 1.54) is 7.11 Å². The number of carbonyl (C=O) groups excluding carboxylic acids is 1. The number of hydrogen-bond acceptors (Lipinski definition) is 4. The van der Waals surface area contributed by atoms with Crippen molar-refractivity contribution in [3.63, 3.8) is 0 Å². The SMILES string of the molecule is COC(=O)c1cccc(N=Cc2cc(Br)c(Br)o2)c1. The summed E-state index contributed by atoms with van der Waals surface area (Å²) in [6.07, 6.45) is 1.58. The number of furan rings is 1. The minimum absolute atomic E-state index is 0.388. The number of benzene rings is 1. The average molecular weight is 387 g/mol. The summed E-state index contributed by atoms with van der Waals surface area (Å²) >= 11 is 6.56. The predicted octanol–water partition coefficient (Wildman–Crippen LogP) is 4.34. The zero-order valence-corrected chi connectivity index (χ0v) is 13.1. The van der Waals surface area contributed by atoms with Crippen LogP contribution in [0.25, 0.3) is 0 Å². The maximum atomic E-state index is 11.4. The van der Waals surface area contributed by atoms with Gasteiger partial charge in [-0.1, -0.05) is 6.07 Å². The molecule has 2 rings (SSSR count). The Morgan fingerprint density at radius 3 is 2.79 bits per heavy atom. The monoisotopic (exact) mass is 385 g/mol. The molecule has 98 valence electrons. The van der Waals surface area contributed by atoms with Crippen LogP contribution in [-0.2, 0) is 4.74 Å². The molecule has 0 aliphatic rings. The van der Waals surface area contributed by atoms with Crippen LogP contribution in [0, 0.1) is 0 Å². The molecule has 0 atom stereocenters. The fourth-order valence-electron chi connectivity index (χ4n) is 1.40. The molecule has 0 saturated carbocycles. The van der Waals surface area contributed by atoms with Crippen LogP contribution in [0.4, 0.5) is 5.69 Å². The van der Waals surface area contributed by atoms with Gasteiger partial charge in [-0.2, -0.15) is 0 Å². The highest BCUT2D eigenvalue weighted by Gasteiger charge is 2.06. The zero-order valence-electron chi connectivity index (χ0n) is 9.89. The highest BCUT2D eigenvalue weighted by molar-refractivity contribution is 9.13. The van der Waals surface area contributed by atoms with Crippen molar-refractivity contribution in [1.29, 1.82) is 0 Å². The highest BCUT2D eigenvalue weighted by atomic mass is 79.9. The second-order valence-electron chi connectivity index (χ2n) is 3.57. The molecule has 0 saturated heterocycles. The molecule has 0 radical (unpaired) electrons. The lowest BCUT2D eigenvalue weighted by Crippen LogP contribution is -1.99. The molecular formula is C13H9Br2NO3. The quantitative estimate of drug-likeness (QED) is 0.582. The van der Waals surface area contributed by atoms with Gasteiger partial charge in [0.05, 0.1) is 29.0 Å². The molecule has 2 aromatic rings. The zero-order chi connectivity index (χ0) is 13.8. The minimum Gasteiger partial charge on any atom is -0.465 e. The molecule has 0 amide bonds. The molecular weight excluding hydrogens is 378 g/mol. The lowest BCUT2D eigenvalue weighted by atomic mass is 10.2. The van der Waals surface area contributed by atoms with Crippen LogP contribution in [0.15, 0.2) is 48.9 Å². The van der Waals surface area contributed by atoms with E-state index in [2.05, 4.69) is 41.6 Å². The van der Waals surface area contributed by atoms with Crippen LogP contribution in [0.2, 0.25) is 0 Å².